The highest BCUT2D eigenvalue weighted by Crippen LogP contribution is 2.25. The number of aromatic nitrogens is 3. The maximum absolute atomic E-state index is 5.45. The van der Waals surface area contributed by atoms with Gasteiger partial charge in [-0.3, -0.25) is 9.78 Å². The Kier molecular flexibility index (Phi) is 1.98. The SMILES string of the molecule is Cn1[nH]c(C2CCCO2)nc1=S. The average molecular weight is 185 g/mol. The van der Waals surface area contributed by atoms with Crippen LogP contribution in [0.15, 0.2) is 0 Å². The van der Waals surface area contributed by atoms with Gasteiger partial charge in [0.05, 0.1) is 0 Å². The molecule has 0 bridgehead atoms. The molecular weight excluding hydrogens is 174 g/mol. The number of rotatable bonds is 1. The smallest absolute Gasteiger partial charge is 0.215 e. The van der Waals surface area contributed by atoms with Gasteiger partial charge in [0.2, 0.25) is 4.77 Å². The van der Waals surface area contributed by atoms with Gasteiger partial charge in [-0.2, -0.15) is 0 Å². The van der Waals surface area contributed by atoms with Crippen molar-refractivity contribution in [3.63, 3.8) is 0 Å². The summed E-state index contributed by atoms with van der Waals surface area (Å²) in [7, 11) is 1.85. The third-order valence-corrected chi connectivity index (χ3v) is 2.39. The lowest BCUT2D eigenvalue weighted by Crippen LogP contribution is -1.99. The summed E-state index contributed by atoms with van der Waals surface area (Å²) in [5.74, 6) is 0.861. The standard InChI is InChI=1S/C7H11N3OS/c1-10-7(12)8-6(9-10)5-3-2-4-11-5/h5H,2-4H2,1H3,(H,8,9,12). The van der Waals surface area contributed by atoms with Crippen LogP contribution in [0.5, 0.6) is 0 Å². The van der Waals surface area contributed by atoms with Crippen molar-refractivity contribution in [2.45, 2.75) is 18.9 Å². The summed E-state index contributed by atoms with van der Waals surface area (Å²) < 4.78 is 7.77. The maximum atomic E-state index is 5.45. The van der Waals surface area contributed by atoms with Gasteiger partial charge in [0, 0.05) is 13.7 Å². The number of aryl methyl sites for hydroxylation is 1. The van der Waals surface area contributed by atoms with Crippen LogP contribution in [-0.2, 0) is 11.8 Å². The molecule has 0 aliphatic carbocycles. The summed E-state index contributed by atoms with van der Waals surface area (Å²) in [6.07, 6.45) is 2.29. The molecule has 5 heteroatoms. The number of H-pyrrole nitrogens is 1. The summed E-state index contributed by atoms with van der Waals surface area (Å²) in [6.45, 7) is 0.835. The number of nitrogens with one attached hydrogen (secondary N) is 1. The summed E-state index contributed by atoms with van der Waals surface area (Å²) in [5, 5.41) is 3.06. The summed E-state index contributed by atoms with van der Waals surface area (Å²) in [4.78, 5) is 4.19. The molecule has 0 aromatic carbocycles. The van der Waals surface area contributed by atoms with Gasteiger partial charge >= 0.3 is 0 Å². The lowest BCUT2D eigenvalue weighted by Gasteiger charge is -2.03. The number of aromatic amines is 1. The lowest BCUT2D eigenvalue weighted by molar-refractivity contribution is 0.105. The molecule has 2 rings (SSSR count). The first-order valence-corrected chi connectivity index (χ1v) is 4.43. The number of nitrogens with zero attached hydrogens (tertiary/aromatic N) is 2. The zero-order valence-electron chi connectivity index (χ0n) is 6.91. The molecule has 12 heavy (non-hydrogen) atoms. The highest BCUT2D eigenvalue weighted by molar-refractivity contribution is 7.71. The van der Waals surface area contributed by atoms with Gasteiger partial charge < -0.3 is 4.74 Å². The molecule has 0 spiro atoms. The monoisotopic (exact) mass is 185 g/mol. The molecule has 0 amide bonds. The van der Waals surface area contributed by atoms with E-state index < -0.39 is 0 Å². The van der Waals surface area contributed by atoms with Crippen LogP contribution in [0.25, 0.3) is 0 Å². The molecule has 4 nitrogen and oxygen atoms in total. The highest BCUT2D eigenvalue weighted by Gasteiger charge is 2.20. The van der Waals surface area contributed by atoms with Gasteiger partial charge in [0.25, 0.3) is 0 Å². The van der Waals surface area contributed by atoms with Crippen LogP contribution in [0.1, 0.15) is 24.8 Å². The van der Waals surface area contributed by atoms with Crippen molar-refractivity contribution in [3.05, 3.63) is 10.6 Å². The molecule has 0 radical (unpaired) electrons. The van der Waals surface area contributed by atoms with Crippen molar-refractivity contribution in [2.75, 3.05) is 6.61 Å². The van der Waals surface area contributed by atoms with Crippen LogP contribution in [0.2, 0.25) is 0 Å². The van der Waals surface area contributed by atoms with Gasteiger partial charge in [0.1, 0.15) is 6.10 Å². The van der Waals surface area contributed by atoms with Crippen molar-refractivity contribution in [1.82, 2.24) is 14.8 Å². The van der Waals surface area contributed by atoms with Crippen molar-refractivity contribution in [2.24, 2.45) is 7.05 Å². The molecule has 1 atom stereocenters. The first kappa shape index (κ1) is 7.94. The van der Waals surface area contributed by atoms with Gasteiger partial charge in [0.15, 0.2) is 5.82 Å². The first-order chi connectivity index (χ1) is 5.77. The second-order valence-electron chi connectivity index (χ2n) is 2.95. The molecule has 0 saturated carbocycles. The zero-order valence-corrected chi connectivity index (χ0v) is 7.73. The fraction of sp³-hybridized carbons (Fsp3) is 0.714. The van der Waals surface area contributed by atoms with E-state index in [1.54, 1.807) is 4.68 Å². The molecule has 1 aromatic rings. The Morgan fingerprint density at radius 2 is 2.58 bits per heavy atom. The summed E-state index contributed by atoms with van der Waals surface area (Å²) in [6, 6.07) is 0. The van der Waals surface area contributed by atoms with E-state index in [4.69, 9.17) is 17.0 Å². The Labute approximate surface area is 75.5 Å². The number of ether oxygens (including phenoxy) is 1. The third-order valence-electron chi connectivity index (χ3n) is 2.02. The highest BCUT2D eigenvalue weighted by atomic mass is 32.1. The summed E-state index contributed by atoms with van der Waals surface area (Å²) in [5.41, 5.74) is 0. The predicted octanol–water partition coefficient (Wildman–Crippen LogP) is 1.33. The second-order valence-corrected chi connectivity index (χ2v) is 3.32. The van der Waals surface area contributed by atoms with Gasteiger partial charge in [-0.25, -0.2) is 4.98 Å². The minimum Gasteiger partial charge on any atom is -0.370 e. The van der Waals surface area contributed by atoms with E-state index in [1.807, 2.05) is 7.05 Å². The maximum Gasteiger partial charge on any atom is 0.215 e. The molecular formula is C7H11N3OS. The largest absolute Gasteiger partial charge is 0.370 e. The van der Waals surface area contributed by atoms with E-state index in [-0.39, 0.29) is 6.10 Å². The number of hydrogen-bond acceptors (Lipinski definition) is 3. The second kappa shape index (κ2) is 2.99. The Morgan fingerprint density at radius 3 is 3.08 bits per heavy atom. The minimum absolute atomic E-state index is 0.132. The van der Waals surface area contributed by atoms with Crippen molar-refractivity contribution in [1.29, 1.82) is 0 Å². The molecule has 1 aromatic heterocycles. The zero-order chi connectivity index (χ0) is 8.55. The van der Waals surface area contributed by atoms with E-state index in [2.05, 4.69) is 10.1 Å². The van der Waals surface area contributed by atoms with E-state index in [1.165, 1.54) is 0 Å². The molecule has 1 aliphatic heterocycles. The van der Waals surface area contributed by atoms with Crippen LogP contribution >= 0.6 is 12.2 Å². The van der Waals surface area contributed by atoms with E-state index in [0.717, 1.165) is 25.3 Å². The first-order valence-electron chi connectivity index (χ1n) is 4.02. The molecule has 1 unspecified atom stereocenters. The average Bonchev–Trinajstić information content (AvgIpc) is 2.61. The fourth-order valence-corrected chi connectivity index (χ4v) is 1.50. The molecule has 66 valence electrons. The Bertz CT molecular complexity index is 324. The molecule has 1 N–H and O–H groups in total. The Morgan fingerprint density at radius 1 is 1.75 bits per heavy atom. The van der Waals surface area contributed by atoms with Gasteiger partial charge in [-0.15, -0.1) is 0 Å². The van der Waals surface area contributed by atoms with Crippen molar-refractivity contribution < 1.29 is 4.74 Å². The third kappa shape index (κ3) is 1.30. The normalized spacial score (nSPS) is 23.2. The van der Waals surface area contributed by atoms with Crippen LogP contribution in [0.3, 0.4) is 0 Å². The topological polar surface area (TPSA) is 42.8 Å². The molecule has 1 aliphatic rings. The number of hydrogen-bond donors (Lipinski definition) is 1. The van der Waals surface area contributed by atoms with Crippen molar-refractivity contribution in [3.8, 4) is 0 Å². The fourth-order valence-electron chi connectivity index (χ4n) is 1.36. The Hall–Kier alpha value is -0.680. The van der Waals surface area contributed by atoms with Crippen molar-refractivity contribution >= 4 is 12.2 Å². The lowest BCUT2D eigenvalue weighted by atomic mass is 10.2. The Balaban J connectivity index is 2.27. The molecule has 1 fully saturated rings. The van der Waals surface area contributed by atoms with Crippen LogP contribution in [0.4, 0.5) is 0 Å². The molecule has 2 heterocycles. The molecule has 1 saturated heterocycles. The van der Waals surface area contributed by atoms with Crippen LogP contribution in [0, 0.1) is 4.77 Å². The van der Waals surface area contributed by atoms with Gasteiger partial charge in [-0.05, 0) is 25.1 Å². The van der Waals surface area contributed by atoms with E-state index >= 15 is 0 Å². The quantitative estimate of drug-likeness (QED) is 0.671. The van der Waals surface area contributed by atoms with E-state index in [0.29, 0.717) is 4.77 Å². The predicted molar refractivity (Wildman–Crippen MR) is 46.3 cm³/mol. The summed E-state index contributed by atoms with van der Waals surface area (Å²) >= 11 is 4.97. The minimum atomic E-state index is 0.132. The van der Waals surface area contributed by atoms with Crippen LogP contribution < -0.4 is 0 Å². The van der Waals surface area contributed by atoms with E-state index in [9.17, 15) is 0 Å². The van der Waals surface area contributed by atoms with Crippen LogP contribution in [-0.4, -0.2) is 21.4 Å². The van der Waals surface area contributed by atoms with Gasteiger partial charge in [-0.1, -0.05) is 0 Å².